The molecule has 0 aliphatic rings. The highest BCUT2D eigenvalue weighted by Gasteiger charge is 2.21. The standard InChI is InChI=1S/C28H25Cl2N7O2S/c1-3-15-37-26(18(2)31-27(39)23-14-9-19(29)16-24(23)30)35-36-28(37)40-17-25(38)32-20-10-12-22(13-11-20)34-33-21-7-5-4-6-8-21/h3-14,16,18H,1,15,17H2,2H3,(H,31,39)(H,32,38)/t18-/m1/s1. The molecule has 12 heteroatoms. The molecule has 0 unspecified atom stereocenters. The molecule has 0 spiro atoms. The van der Waals surface area contributed by atoms with Crippen molar-refractivity contribution in [1.82, 2.24) is 20.1 Å². The second kappa shape index (κ2) is 13.9. The van der Waals surface area contributed by atoms with Gasteiger partial charge < -0.3 is 15.2 Å². The van der Waals surface area contributed by atoms with Crippen LogP contribution in [0.2, 0.25) is 10.0 Å². The van der Waals surface area contributed by atoms with Crippen molar-refractivity contribution in [1.29, 1.82) is 0 Å². The fourth-order valence-electron chi connectivity index (χ4n) is 3.59. The Bertz CT molecular complexity index is 1530. The molecule has 0 radical (unpaired) electrons. The van der Waals surface area contributed by atoms with Gasteiger partial charge in [0.1, 0.15) is 0 Å². The third-order valence-electron chi connectivity index (χ3n) is 5.49. The number of azo groups is 1. The number of rotatable bonds is 11. The van der Waals surface area contributed by atoms with E-state index in [1.54, 1.807) is 54.0 Å². The minimum Gasteiger partial charge on any atom is -0.342 e. The Morgan fingerprint density at radius 2 is 1.73 bits per heavy atom. The van der Waals surface area contributed by atoms with Gasteiger partial charge in [0, 0.05) is 17.3 Å². The lowest BCUT2D eigenvalue weighted by Crippen LogP contribution is -2.29. The Balaban J connectivity index is 1.35. The number of hydrogen-bond donors (Lipinski definition) is 2. The summed E-state index contributed by atoms with van der Waals surface area (Å²) < 4.78 is 1.80. The molecule has 4 aromatic rings. The van der Waals surface area contributed by atoms with Crippen molar-refractivity contribution in [2.24, 2.45) is 10.2 Å². The summed E-state index contributed by atoms with van der Waals surface area (Å²) in [5.74, 6) is 0.0355. The fourth-order valence-corrected chi connectivity index (χ4v) is 4.84. The van der Waals surface area contributed by atoms with Crippen molar-refractivity contribution in [3.8, 4) is 0 Å². The summed E-state index contributed by atoms with van der Waals surface area (Å²) in [6.07, 6.45) is 1.69. The molecule has 2 N–H and O–H groups in total. The number of hydrogen-bond acceptors (Lipinski definition) is 7. The monoisotopic (exact) mass is 593 g/mol. The van der Waals surface area contributed by atoms with Crippen LogP contribution in [0.15, 0.2) is 101 Å². The number of thioether (sulfide) groups is 1. The number of benzene rings is 3. The molecule has 0 bridgehead atoms. The van der Waals surface area contributed by atoms with Crippen LogP contribution in [0.3, 0.4) is 0 Å². The maximum absolute atomic E-state index is 12.8. The van der Waals surface area contributed by atoms with Gasteiger partial charge in [-0.05, 0) is 61.5 Å². The minimum absolute atomic E-state index is 0.103. The van der Waals surface area contributed by atoms with Gasteiger partial charge in [0.2, 0.25) is 5.91 Å². The average Bonchev–Trinajstić information content (AvgIpc) is 3.35. The third kappa shape index (κ3) is 7.78. The molecule has 204 valence electrons. The van der Waals surface area contributed by atoms with E-state index in [4.69, 9.17) is 23.2 Å². The Kier molecular flexibility index (Phi) is 10.1. The number of nitrogens with zero attached hydrogens (tertiary/aromatic N) is 5. The first-order chi connectivity index (χ1) is 19.3. The van der Waals surface area contributed by atoms with Crippen molar-refractivity contribution in [2.45, 2.75) is 24.7 Å². The van der Waals surface area contributed by atoms with E-state index in [0.29, 0.717) is 39.5 Å². The number of amides is 2. The highest BCUT2D eigenvalue weighted by atomic mass is 35.5. The first kappa shape index (κ1) is 29.0. The largest absolute Gasteiger partial charge is 0.342 e. The van der Waals surface area contributed by atoms with E-state index in [1.807, 2.05) is 30.3 Å². The summed E-state index contributed by atoms with van der Waals surface area (Å²) in [6.45, 7) is 5.98. The fraction of sp³-hybridized carbons (Fsp3) is 0.143. The topological polar surface area (TPSA) is 114 Å². The summed E-state index contributed by atoms with van der Waals surface area (Å²) in [5.41, 5.74) is 2.36. The molecule has 40 heavy (non-hydrogen) atoms. The molecule has 0 saturated carbocycles. The second-order valence-electron chi connectivity index (χ2n) is 8.48. The average molecular weight is 595 g/mol. The molecule has 0 aliphatic heterocycles. The summed E-state index contributed by atoms with van der Waals surface area (Å²) >= 11 is 13.3. The normalized spacial score (nSPS) is 11.8. The molecule has 1 heterocycles. The lowest BCUT2D eigenvalue weighted by Gasteiger charge is -2.16. The number of allylic oxidation sites excluding steroid dienone is 1. The molecule has 1 aromatic heterocycles. The van der Waals surface area contributed by atoms with E-state index in [2.05, 4.69) is 37.6 Å². The van der Waals surface area contributed by atoms with E-state index in [-0.39, 0.29) is 22.6 Å². The molecule has 1 atom stereocenters. The smallest absolute Gasteiger partial charge is 0.253 e. The lowest BCUT2D eigenvalue weighted by molar-refractivity contribution is -0.113. The molecule has 4 rings (SSSR count). The molecule has 0 fully saturated rings. The van der Waals surface area contributed by atoms with Crippen LogP contribution in [0, 0.1) is 0 Å². The number of anilines is 1. The van der Waals surface area contributed by atoms with E-state index in [0.717, 1.165) is 5.69 Å². The Morgan fingerprint density at radius 3 is 2.40 bits per heavy atom. The molecule has 3 aromatic carbocycles. The van der Waals surface area contributed by atoms with Crippen LogP contribution in [-0.2, 0) is 11.3 Å². The zero-order valence-corrected chi connectivity index (χ0v) is 23.7. The van der Waals surface area contributed by atoms with E-state index in [9.17, 15) is 9.59 Å². The van der Waals surface area contributed by atoms with Crippen molar-refractivity contribution < 1.29 is 9.59 Å². The Hall–Kier alpha value is -3.99. The zero-order chi connectivity index (χ0) is 28.5. The van der Waals surface area contributed by atoms with Gasteiger partial charge in [-0.3, -0.25) is 9.59 Å². The number of carbonyl (C=O) groups is 2. The van der Waals surface area contributed by atoms with Gasteiger partial charge in [0.05, 0.1) is 33.8 Å². The Labute approximate surface area is 245 Å². The minimum atomic E-state index is -0.493. The van der Waals surface area contributed by atoms with E-state index >= 15 is 0 Å². The van der Waals surface area contributed by atoms with Crippen LogP contribution >= 0.6 is 35.0 Å². The summed E-state index contributed by atoms with van der Waals surface area (Å²) in [7, 11) is 0. The van der Waals surface area contributed by atoms with E-state index < -0.39 is 6.04 Å². The second-order valence-corrected chi connectivity index (χ2v) is 10.3. The summed E-state index contributed by atoms with van der Waals surface area (Å²) in [5, 5.41) is 23.8. The van der Waals surface area contributed by atoms with Crippen LogP contribution < -0.4 is 10.6 Å². The highest BCUT2D eigenvalue weighted by Crippen LogP contribution is 2.25. The van der Waals surface area contributed by atoms with Crippen LogP contribution in [-0.4, -0.2) is 32.3 Å². The first-order valence-electron chi connectivity index (χ1n) is 12.1. The quantitative estimate of drug-likeness (QED) is 0.107. The lowest BCUT2D eigenvalue weighted by atomic mass is 10.2. The number of nitrogens with one attached hydrogen (secondary N) is 2. The van der Waals surface area contributed by atoms with Crippen LogP contribution in [0.5, 0.6) is 0 Å². The number of halogens is 2. The first-order valence-corrected chi connectivity index (χ1v) is 13.9. The van der Waals surface area contributed by atoms with Gasteiger partial charge in [0.25, 0.3) is 5.91 Å². The van der Waals surface area contributed by atoms with Crippen molar-refractivity contribution >= 4 is 63.8 Å². The predicted molar refractivity (Wildman–Crippen MR) is 159 cm³/mol. The third-order valence-corrected chi connectivity index (χ3v) is 7.00. The van der Waals surface area contributed by atoms with Crippen molar-refractivity contribution in [2.75, 3.05) is 11.1 Å². The molecular formula is C28H25Cl2N7O2S. The summed E-state index contributed by atoms with van der Waals surface area (Å²) in [4.78, 5) is 25.4. The van der Waals surface area contributed by atoms with Gasteiger partial charge in [-0.1, -0.05) is 59.2 Å². The van der Waals surface area contributed by atoms with Crippen molar-refractivity contribution in [3.05, 3.63) is 107 Å². The predicted octanol–water partition coefficient (Wildman–Crippen LogP) is 7.41. The van der Waals surface area contributed by atoms with Gasteiger partial charge in [-0.2, -0.15) is 10.2 Å². The van der Waals surface area contributed by atoms with Gasteiger partial charge >= 0.3 is 0 Å². The number of carbonyl (C=O) groups excluding carboxylic acids is 2. The highest BCUT2D eigenvalue weighted by molar-refractivity contribution is 7.99. The number of aromatic nitrogens is 3. The molecule has 0 saturated heterocycles. The maximum atomic E-state index is 12.8. The Morgan fingerprint density at radius 1 is 1.02 bits per heavy atom. The van der Waals surface area contributed by atoms with Crippen LogP contribution in [0.1, 0.15) is 29.1 Å². The maximum Gasteiger partial charge on any atom is 0.253 e. The van der Waals surface area contributed by atoms with Gasteiger partial charge in [0.15, 0.2) is 11.0 Å². The van der Waals surface area contributed by atoms with Crippen LogP contribution in [0.4, 0.5) is 17.1 Å². The summed E-state index contributed by atoms with van der Waals surface area (Å²) in [6, 6.07) is 20.7. The zero-order valence-electron chi connectivity index (χ0n) is 21.4. The van der Waals surface area contributed by atoms with Crippen molar-refractivity contribution in [3.63, 3.8) is 0 Å². The van der Waals surface area contributed by atoms with Crippen LogP contribution in [0.25, 0.3) is 0 Å². The van der Waals surface area contributed by atoms with Gasteiger partial charge in [-0.15, -0.1) is 16.8 Å². The van der Waals surface area contributed by atoms with E-state index in [1.165, 1.54) is 17.8 Å². The molecule has 0 aliphatic carbocycles. The SMILES string of the molecule is C=CCn1c(SCC(=O)Nc2ccc(N=Nc3ccccc3)cc2)nnc1[C@@H](C)NC(=O)c1ccc(Cl)cc1Cl. The molecular weight excluding hydrogens is 569 g/mol. The molecule has 9 nitrogen and oxygen atoms in total. The molecule has 2 amide bonds. The van der Waals surface area contributed by atoms with Gasteiger partial charge in [-0.25, -0.2) is 0 Å².